The van der Waals surface area contributed by atoms with Crippen molar-refractivity contribution in [2.75, 3.05) is 4.90 Å². The number of amides is 4. The van der Waals surface area contributed by atoms with Crippen LogP contribution in [0.2, 0.25) is 0 Å². The zero-order valence-corrected chi connectivity index (χ0v) is 20.7. The van der Waals surface area contributed by atoms with Crippen molar-refractivity contribution in [1.82, 2.24) is 9.88 Å². The van der Waals surface area contributed by atoms with Gasteiger partial charge in [-0.25, -0.2) is 9.69 Å². The number of imide groups is 2. The Morgan fingerprint density at radius 1 is 0.919 bits per heavy atom. The van der Waals surface area contributed by atoms with Crippen molar-refractivity contribution in [3.63, 3.8) is 0 Å². The van der Waals surface area contributed by atoms with Crippen LogP contribution in [-0.4, -0.2) is 22.4 Å². The Morgan fingerprint density at radius 3 is 2.32 bits per heavy atom. The number of rotatable bonds is 4. The summed E-state index contributed by atoms with van der Waals surface area (Å²) in [5.41, 5.74) is 5.98. The minimum Gasteiger partial charge on any atom is -0.340 e. The van der Waals surface area contributed by atoms with E-state index in [0.29, 0.717) is 23.4 Å². The number of barbiturate groups is 1. The van der Waals surface area contributed by atoms with Gasteiger partial charge in [0.15, 0.2) is 0 Å². The largest absolute Gasteiger partial charge is 0.340 e. The van der Waals surface area contributed by atoms with Gasteiger partial charge in [-0.2, -0.15) is 5.26 Å². The zero-order chi connectivity index (χ0) is 26.3. The van der Waals surface area contributed by atoms with Crippen LogP contribution in [0.3, 0.4) is 0 Å². The lowest BCUT2D eigenvalue weighted by Gasteiger charge is -2.27. The second kappa shape index (κ2) is 9.25. The van der Waals surface area contributed by atoms with Gasteiger partial charge in [-0.15, -0.1) is 0 Å². The second-order valence-corrected chi connectivity index (χ2v) is 9.18. The van der Waals surface area contributed by atoms with Gasteiger partial charge in [0.25, 0.3) is 11.8 Å². The number of benzene rings is 3. The van der Waals surface area contributed by atoms with Gasteiger partial charge in [0.2, 0.25) is 0 Å². The topological polar surface area (TPSA) is 95.2 Å². The molecule has 1 aliphatic heterocycles. The molecule has 1 aromatic heterocycles. The predicted octanol–water partition coefficient (Wildman–Crippen LogP) is 5.15. The van der Waals surface area contributed by atoms with Gasteiger partial charge in [-0.3, -0.25) is 14.9 Å². The van der Waals surface area contributed by atoms with Crippen molar-refractivity contribution in [1.29, 1.82) is 5.26 Å². The van der Waals surface area contributed by atoms with Gasteiger partial charge in [-0.1, -0.05) is 42.5 Å². The van der Waals surface area contributed by atoms with Crippen LogP contribution in [0, 0.1) is 32.1 Å². The summed E-state index contributed by atoms with van der Waals surface area (Å²) < 4.78 is 2.07. The number of aromatic nitrogens is 1. The van der Waals surface area contributed by atoms with Crippen LogP contribution in [-0.2, 0) is 16.1 Å². The fourth-order valence-electron chi connectivity index (χ4n) is 4.90. The molecule has 5 rings (SSSR count). The van der Waals surface area contributed by atoms with Crippen LogP contribution < -0.4 is 10.2 Å². The maximum atomic E-state index is 13.5. The number of nitrogens with zero attached hydrogens (tertiary/aromatic N) is 3. The van der Waals surface area contributed by atoms with E-state index in [9.17, 15) is 19.6 Å². The maximum Gasteiger partial charge on any atom is 0.335 e. The summed E-state index contributed by atoms with van der Waals surface area (Å²) in [6.45, 7) is 6.13. The number of urea groups is 1. The van der Waals surface area contributed by atoms with Crippen LogP contribution in [0.25, 0.3) is 17.0 Å². The van der Waals surface area contributed by atoms with Gasteiger partial charge >= 0.3 is 6.03 Å². The molecular weight excluding hydrogens is 464 g/mol. The smallest absolute Gasteiger partial charge is 0.335 e. The third-order valence-electron chi connectivity index (χ3n) is 6.60. The molecular formula is C30H24N4O3. The number of aryl methyl sites for hydroxylation is 2. The molecule has 7 heteroatoms. The highest BCUT2D eigenvalue weighted by Gasteiger charge is 2.37. The van der Waals surface area contributed by atoms with E-state index in [1.165, 1.54) is 0 Å². The number of fused-ring (bicyclic) bond motifs is 1. The molecule has 1 fully saturated rings. The molecule has 3 aromatic carbocycles. The summed E-state index contributed by atoms with van der Waals surface area (Å²) in [6.07, 6.45) is 1.56. The van der Waals surface area contributed by atoms with E-state index in [0.717, 1.165) is 38.2 Å². The van der Waals surface area contributed by atoms with E-state index in [2.05, 4.69) is 16.0 Å². The summed E-state index contributed by atoms with van der Waals surface area (Å²) >= 11 is 0. The maximum absolute atomic E-state index is 13.5. The van der Waals surface area contributed by atoms with Crippen molar-refractivity contribution >= 4 is 40.5 Å². The van der Waals surface area contributed by atoms with Crippen LogP contribution in [0.5, 0.6) is 0 Å². The highest BCUT2D eigenvalue weighted by atomic mass is 16.2. The van der Waals surface area contributed by atoms with Gasteiger partial charge in [0.05, 0.1) is 17.3 Å². The van der Waals surface area contributed by atoms with Gasteiger partial charge < -0.3 is 4.57 Å². The van der Waals surface area contributed by atoms with Gasteiger partial charge in [0.1, 0.15) is 5.57 Å². The molecule has 0 aliphatic carbocycles. The van der Waals surface area contributed by atoms with Crippen molar-refractivity contribution in [3.8, 4) is 6.07 Å². The molecule has 0 spiro atoms. The van der Waals surface area contributed by atoms with E-state index < -0.39 is 17.8 Å². The molecule has 1 N–H and O–H groups in total. The highest BCUT2D eigenvalue weighted by Crippen LogP contribution is 2.31. The molecule has 1 aliphatic rings. The van der Waals surface area contributed by atoms with Crippen LogP contribution in [0.15, 0.2) is 72.3 Å². The quantitative estimate of drug-likeness (QED) is 0.317. The molecule has 4 aromatic rings. The number of anilines is 1. The van der Waals surface area contributed by atoms with Crippen LogP contribution in [0.1, 0.15) is 33.5 Å². The Labute approximate surface area is 214 Å². The Morgan fingerprint density at radius 2 is 1.59 bits per heavy atom. The lowest BCUT2D eigenvalue weighted by molar-refractivity contribution is -0.122. The lowest BCUT2D eigenvalue weighted by Crippen LogP contribution is -2.54. The van der Waals surface area contributed by atoms with Crippen molar-refractivity contribution < 1.29 is 14.4 Å². The minimum atomic E-state index is -0.774. The number of carbonyl (C=O) groups excluding carboxylic acids is 3. The Kier molecular flexibility index (Phi) is 5.94. The van der Waals surface area contributed by atoms with E-state index in [1.54, 1.807) is 24.3 Å². The Hall–Kier alpha value is -4.96. The zero-order valence-electron chi connectivity index (χ0n) is 20.7. The summed E-state index contributed by atoms with van der Waals surface area (Å²) in [7, 11) is 0. The molecule has 0 unspecified atom stereocenters. The molecule has 0 atom stereocenters. The van der Waals surface area contributed by atoms with Crippen LogP contribution in [0.4, 0.5) is 10.5 Å². The third-order valence-corrected chi connectivity index (χ3v) is 6.60. The third kappa shape index (κ3) is 4.19. The number of nitriles is 1. The number of para-hydroxylation sites is 1. The van der Waals surface area contributed by atoms with Crippen LogP contribution >= 0.6 is 0 Å². The first-order valence-electron chi connectivity index (χ1n) is 11.8. The summed E-state index contributed by atoms with van der Waals surface area (Å²) in [5.74, 6) is -1.41. The molecule has 7 nitrogen and oxygen atoms in total. The monoisotopic (exact) mass is 488 g/mol. The van der Waals surface area contributed by atoms with E-state index >= 15 is 0 Å². The molecule has 0 saturated carbocycles. The minimum absolute atomic E-state index is 0.123. The van der Waals surface area contributed by atoms with E-state index in [4.69, 9.17) is 0 Å². The first-order chi connectivity index (χ1) is 17.8. The molecule has 0 bridgehead atoms. The SMILES string of the molecule is Cc1cc(C)cc(N2C(=O)NC(=O)/C(=C\c3c(C)n(Cc4ccccc4C#N)c4ccccc34)C2=O)c1. The van der Waals surface area contributed by atoms with Crippen molar-refractivity contribution in [3.05, 3.63) is 106 Å². The summed E-state index contributed by atoms with van der Waals surface area (Å²) in [5, 5.41) is 12.7. The van der Waals surface area contributed by atoms with Crippen molar-refractivity contribution in [2.45, 2.75) is 27.3 Å². The summed E-state index contributed by atoms with van der Waals surface area (Å²) in [6, 6.07) is 22.0. The average Bonchev–Trinajstić information content (AvgIpc) is 3.12. The normalized spacial score (nSPS) is 14.8. The highest BCUT2D eigenvalue weighted by molar-refractivity contribution is 6.39. The van der Waals surface area contributed by atoms with Gasteiger partial charge in [0, 0.05) is 28.7 Å². The lowest BCUT2D eigenvalue weighted by atomic mass is 10.0. The predicted molar refractivity (Wildman–Crippen MR) is 142 cm³/mol. The van der Waals surface area contributed by atoms with Crippen molar-refractivity contribution in [2.24, 2.45) is 0 Å². The second-order valence-electron chi connectivity index (χ2n) is 9.18. The number of carbonyl (C=O) groups is 3. The number of nitrogens with one attached hydrogen (secondary N) is 1. The molecule has 182 valence electrons. The van der Waals surface area contributed by atoms with Gasteiger partial charge in [-0.05, 0) is 67.8 Å². The molecule has 0 radical (unpaired) electrons. The first-order valence-corrected chi connectivity index (χ1v) is 11.8. The molecule has 4 amide bonds. The fourth-order valence-corrected chi connectivity index (χ4v) is 4.90. The molecule has 1 saturated heterocycles. The Balaban J connectivity index is 1.63. The van der Waals surface area contributed by atoms with E-state index in [1.807, 2.05) is 69.3 Å². The summed E-state index contributed by atoms with van der Waals surface area (Å²) in [4.78, 5) is 40.1. The average molecular weight is 489 g/mol. The standard InChI is InChI=1S/C30H24N4O3/c1-18-12-19(2)14-23(13-18)34-29(36)26(28(35)32-30(34)37)15-25-20(3)33(27-11-7-6-10-24(25)27)17-22-9-5-4-8-21(22)16-31/h4-15H,17H2,1-3H3,(H,32,35,37)/b26-15+. The molecule has 2 heterocycles. The molecule has 37 heavy (non-hydrogen) atoms. The van der Waals surface area contributed by atoms with E-state index in [-0.39, 0.29) is 5.57 Å². The Bertz CT molecular complexity index is 1670. The first kappa shape index (κ1) is 23.8. The number of hydrogen-bond acceptors (Lipinski definition) is 4. The number of hydrogen-bond donors (Lipinski definition) is 1. The fraction of sp³-hybridized carbons (Fsp3) is 0.133.